The van der Waals surface area contributed by atoms with E-state index in [4.69, 9.17) is 0 Å². The summed E-state index contributed by atoms with van der Waals surface area (Å²) in [7, 11) is -8.52. The summed E-state index contributed by atoms with van der Waals surface area (Å²) in [4.78, 5) is 10.9. The molecule has 0 bridgehead atoms. The molecule has 96 valence electrons. The summed E-state index contributed by atoms with van der Waals surface area (Å²) in [5.41, 5.74) is -6.45. The lowest BCUT2D eigenvalue weighted by Crippen LogP contribution is -2.25. The fraction of sp³-hybridized carbons (Fsp3) is 0.833. The Kier molecular flexibility index (Phi) is 4.90. The third-order valence-corrected chi connectivity index (χ3v) is 2.97. The first-order valence-electron chi connectivity index (χ1n) is 3.83. The van der Waals surface area contributed by atoms with Crippen LogP contribution in [0.2, 0.25) is 0 Å². The van der Waals surface area contributed by atoms with Crippen molar-refractivity contribution in [2.75, 3.05) is 0 Å². The van der Waals surface area contributed by atoms with Crippen molar-refractivity contribution in [3.8, 4) is 0 Å². The quantitative estimate of drug-likeness (QED) is 0.440. The van der Waals surface area contributed by atoms with Gasteiger partial charge in [-0.05, 0) is 20.8 Å². The zero-order valence-electron chi connectivity index (χ0n) is 8.61. The Bertz CT molecular complexity index is 367. The molecule has 0 saturated carbocycles. The molecule has 10 heteroatoms. The summed E-state index contributed by atoms with van der Waals surface area (Å²) in [5, 5.41) is 0. The third-order valence-electron chi connectivity index (χ3n) is 0.903. The predicted molar refractivity (Wildman–Crippen MR) is 49.9 cm³/mol. The van der Waals surface area contributed by atoms with Crippen molar-refractivity contribution in [1.82, 2.24) is 0 Å². The topological polar surface area (TPSA) is 75.7 Å². The molecule has 0 aliphatic heterocycles. The molecule has 0 radical (unpaired) electrons. The van der Waals surface area contributed by atoms with E-state index in [1.165, 1.54) is 20.8 Å². The van der Waals surface area contributed by atoms with Crippen LogP contribution in [0.25, 0.3) is 0 Å². The first-order chi connectivity index (χ1) is 6.85. The van der Waals surface area contributed by atoms with Crippen LogP contribution in [-0.2, 0) is 18.8 Å². The monoisotopic (exact) mass is 282 g/mol. The normalized spacial score (nSPS) is 15.3. The van der Waals surface area contributed by atoms with Crippen molar-refractivity contribution in [3.05, 3.63) is 0 Å². The van der Waals surface area contributed by atoms with Crippen LogP contribution in [0.15, 0.2) is 0 Å². The van der Waals surface area contributed by atoms with Gasteiger partial charge in [0, 0.05) is 0 Å². The molecule has 16 heavy (non-hydrogen) atoms. The minimum absolute atomic E-state index is 0.00338. The second-order valence-electron chi connectivity index (χ2n) is 3.59. The molecule has 0 fully saturated rings. The molecule has 1 unspecified atom stereocenters. The summed E-state index contributed by atoms with van der Waals surface area (Å²) in [5.74, 6) is 0.00338. The van der Waals surface area contributed by atoms with E-state index in [0.29, 0.717) is 0 Å². The van der Waals surface area contributed by atoms with E-state index >= 15 is 0 Å². The van der Waals surface area contributed by atoms with Crippen molar-refractivity contribution in [1.29, 1.82) is 0 Å². The van der Waals surface area contributed by atoms with Crippen molar-refractivity contribution >= 4 is 24.1 Å². The Hall–Kier alpha value is -0.210. The summed E-state index contributed by atoms with van der Waals surface area (Å²) in [6, 6.07) is 0. The predicted octanol–water partition coefficient (Wildman–Crippen LogP) is 1.10. The van der Waals surface area contributed by atoms with E-state index in [9.17, 15) is 26.5 Å². The molecule has 0 aliphatic carbocycles. The van der Waals surface area contributed by atoms with Crippen LogP contribution in [-0.4, -0.2) is 25.5 Å². The van der Waals surface area contributed by atoms with E-state index in [2.05, 4.69) is 8.71 Å². The Morgan fingerprint density at radius 2 is 1.69 bits per heavy atom. The van der Waals surface area contributed by atoms with Gasteiger partial charge in [-0.15, -0.1) is 0 Å². The molecule has 0 aromatic rings. The first-order valence-corrected chi connectivity index (χ1v) is 6.49. The first kappa shape index (κ1) is 15.8. The lowest BCUT2D eigenvalue weighted by molar-refractivity contribution is -0.179. The molecule has 0 saturated heterocycles. The van der Waals surface area contributed by atoms with Gasteiger partial charge in [0.2, 0.25) is 8.00 Å². The van der Waals surface area contributed by atoms with E-state index < -0.39 is 29.2 Å². The second-order valence-corrected chi connectivity index (χ2v) is 6.12. The van der Waals surface area contributed by atoms with Gasteiger partial charge in [-0.1, -0.05) is 0 Å². The van der Waals surface area contributed by atoms with E-state index in [1.807, 2.05) is 0 Å². The van der Waals surface area contributed by atoms with Crippen LogP contribution in [0.5, 0.6) is 0 Å². The van der Waals surface area contributed by atoms with Crippen LogP contribution in [0.4, 0.5) is 13.2 Å². The molecule has 0 aliphatic rings. The second kappa shape index (κ2) is 4.97. The smallest absolute Gasteiger partial charge is 0.523 e. The molecule has 0 spiro atoms. The number of alkyl halides is 3. The van der Waals surface area contributed by atoms with Gasteiger partial charge in [-0.25, -0.2) is 0 Å². The van der Waals surface area contributed by atoms with Crippen LogP contribution in [0.1, 0.15) is 20.8 Å². The molecule has 0 amide bonds. The number of hydrogen-bond acceptors (Lipinski definition) is 5. The fourth-order valence-corrected chi connectivity index (χ4v) is 1.86. The summed E-state index contributed by atoms with van der Waals surface area (Å²) < 4.78 is 64.0. The summed E-state index contributed by atoms with van der Waals surface area (Å²) in [6.45, 7) is 4.48. The zero-order chi connectivity index (χ0) is 13.2. The van der Waals surface area contributed by atoms with Gasteiger partial charge in [0.1, 0.15) is 5.60 Å². The highest BCUT2D eigenvalue weighted by molar-refractivity contribution is 7.88. The van der Waals surface area contributed by atoms with Crippen molar-refractivity contribution < 1.29 is 35.2 Å². The molecule has 1 atom stereocenters. The maximum Gasteiger partial charge on any atom is 0.523 e. The highest BCUT2D eigenvalue weighted by Crippen LogP contribution is 2.27. The van der Waals surface area contributed by atoms with Crippen LogP contribution >= 0.6 is 8.00 Å². The summed E-state index contributed by atoms with van der Waals surface area (Å²) >= 11 is 0. The minimum Gasteiger partial charge on any atom is -0.601 e. The fourth-order valence-electron chi connectivity index (χ4n) is 0.438. The van der Waals surface area contributed by atoms with Gasteiger partial charge in [0.25, 0.3) is 5.98 Å². The standard InChI is InChI=1S/C6H10F3O5PS/c1-5(2,3)14-15(10)4-13-16(11,12)6(7,8)9/h4H,1-3H3. The van der Waals surface area contributed by atoms with Crippen LogP contribution < -0.4 is 4.89 Å². The molecule has 5 nitrogen and oxygen atoms in total. The Labute approximate surface area is 91.8 Å². The van der Waals surface area contributed by atoms with Gasteiger partial charge < -0.3 is 4.89 Å². The van der Waals surface area contributed by atoms with Crippen LogP contribution in [0.3, 0.4) is 0 Å². The van der Waals surface area contributed by atoms with Gasteiger partial charge >= 0.3 is 15.6 Å². The van der Waals surface area contributed by atoms with Gasteiger partial charge in [-0.2, -0.15) is 30.3 Å². The number of hydrogen-bond donors (Lipinski definition) is 0. The van der Waals surface area contributed by atoms with Crippen molar-refractivity contribution in [2.24, 2.45) is 0 Å². The molecule has 0 aromatic heterocycles. The maximum atomic E-state index is 11.8. The van der Waals surface area contributed by atoms with Crippen molar-refractivity contribution in [3.63, 3.8) is 0 Å². The molecular weight excluding hydrogens is 272 g/mol. The van der Waals surface area contributed by atoms with Gasteiger partial charge in [0.05, 0.1) is 0 Å². The third kappa shape index (κ3) is 5.76. The lowest BCUT2D eigenvalue weighted by Gasteiger charge is -2.13. The Morgan fingerprint density at radius 1 is 1.25 bits per heavy atom. The largest absolute Gasteiger partial charge is 0.601 e. The van der Waals surface area contributed by atoms with E-state index in [-0.39, 0.29) is 5.98 Å². The molecule has 0 rings (SSSR count). The maximum absolute atomic E-state index is 11.8. The lowest BCUT2D eigenvalue weighted by atomic mass is 10.2. The Balaban J connectivity index is 4.63. The van der Waals surface area contributed by atoms with Crippen molar-refractivity contribution in [2.45, 2.75) is 31.9 Å². The highest BCUT2D eigenvalue weighted by atomic mass is 32.2. The van der Waals surface area contributed by atoms with Gasteiger partial charge in [-0.3, -0.25) is 0 Å². The molecule has 0 heterocycles. The van der Waals surface area contributed by atoms with E-state index in [1.54, 1.807) is 0 Å². The summed E-state index contributed by atoms with van der Waals surface area (Å²) in [6.07, 6.45) is 0. The van der Waals surface area contributed by atoms with E-state index in [0.717, 1.165) is 0 Å². The SMILES string of the molecule is CC(C)(C)O/[P+]([O-])=C/OS(=O)(=O)C(F)(F)F. The highest BCUT2D eigenvalue weighted by Gasteiger charge is 2.47. The minimum atomic E-state index is -5.77. The Morgan fingerprint density at radius 3 is 2.00 bits per heavy atom. The zero-order valence-corrected chi connectivity index (χ0v) is 10.3. The average molecular weight is 282 g/mol. The number of halogens is 3. The number of rotatable bonds is 3. The van der Waals surface area contributed by atoms with Gasteiger partial charge in [0.15, 0.2) is 0 Å². The average Bonchev–Trinajstić information content (AvgIpc) is 1.95. The van der Waals surface area contributed by atoms with Crippen LogP contribution in [0, 0.1) is 0 Å². The molecular formula is C6H10F3O5PS. The molecule has 0 aromatic carbocycles. The molecule has 0 N–H and O–H groups in total.